The lowest BCUT2D eigenvalue weighted by atomic mass is 10.1. The molecule has 0 saturated heterocycles. The average Bonchev–Trinajstić information content (AvgIpc) is 2.95. The summed E-state index contributed by atoms with van der Waals surface area (Å²) in [4.78, 5) is 12.1. The molecule has 2 heterocycles. The number of H-pyrrole nitrogens is 1. The second-order valence-electron chi connectivity index (χ2n) is 5.95. The van der Waals surface area contributed by atoms with Gasteiger partial charge in [0.05, 0.1) is 16.6 Å². The van der Waals surface area contributed by atoms with E-state index in [2.05, 4.69) is 68.2 Å². The Morgan fingerprint density at radius 1 is 1.15 bits per heavy atom. The number of hydrogen-bond acceptors (Lipinski definition) is 4. The first-order valence-corrected chi connectivity index (χ1v) is 8.82. The van der Waals surface area contributed by atoms with Gasteiger partial charge < -0.3 is 14.9 Å². The second-order valence-corrected chi connectivity index (χ2v) is 6.33. The van der Waals surface area contributed by atoms with E-state index >= 15 is 0 Å². The lowest BCUT2D eigenvalue weighted by Crippen LogP contribution is -2.07. The topological polar surface area (TPSA) is 58.5 Å². The monoisotopic (exact) mass is 385 g/mol. The third-order valence-electron chi connectivity index (χ3n) is 4.40. The van der Waals surface area contributed by atoms with Gasteiger partial charge in [0.25, 0.3) is 0 Å². The maximum Gasteiger partial charge on any atom is 0.178 e. The largest absolute Gasteiger partial charge is 0.369 e. The predicted octanol–water partition coefficient (Wildman–Crippen LogP) is 4.74. The Labute approximate surface area is 162 Å². The summed E-state index contributed by atoms with van der Waals surface area (Å²) in [6.45, 7) is 3.74. The molecule has 0 saturated carbocycles. The Kier molecular flexibility index (Phi) is 5.54. The third-order valence-corrected chi connectivity index (χ3v) is 4.72. The first-order chi connectivity index (χ1) is 12.3. The van der Waals surface area contributed by atoms with Gasteiger partial charge in [-0.15, -0.1) is 12.4 Å². The number of imidazole rings is 1. The number of aromatic nitrogens is 4. The van der Waals surface area contributed by atoms with E-state index in [0.717, 1.165) is 52.0 Å². The van der Waals surface area contributed by atoms with Crippen LogP contribution in [0, 0.1) is 4.77 Å². The summed E-state index contributed by atoms with van der Waals surface area (Å²) >= 11 is 5.40. The van der Waals surface area contributed by atoms with E-state index in [-0.39, 0.29) is 12.4 Å². The van der Waals surface area contributed by atoms with Crippen LogP contribution in [0.1, 0.15) is 12.5 Å². The van der Waals surface area contributed by atoms with E-state index in [1.807, 2.05) is 6.07 Å². The molecule has 2 N–H and O–H groups in total. The zero-order valence-corrected chi connectivity index (χ0v) is 16.0. The van der Waals surface area contributed by atoms with Crippen LogP contribution in [0.4, 0.5) is 5.82 Å². The molecular weight excluding hydrogens is 366 g/mol. The molecule has 0 atom stereocenters. The maximum atomic E-state index is 5.40. The molecule has 0 aliphatic heterocycles. The van der Waals surface area contributed by atoms with Crippen molar-refractivity contribution in [1.82, 2.24) is 19.5 Å². The van der Waals surface area contributed by atoms with Crippen molar-refractivity contribution in [3.8, 4) is 0 Å². The number of nitrogens with one attached hydrogen (secondary N) is 2. The highest BCUT2D eigenvalue weighted by Gasteiger charge is 2.09. The molecule has 0 aliphatic rings. The van der Waals surface area contributed by atoms with Crippen molar-refractivity contribution < 1.29 is 0 Å². The summed E-state index contributed by atoms with van der Waals surface area (Å²) in [6, 6.07) is 14.6. The van der Waals surface area contributed by atoms with Gasteiger partial charge in [-0.3, -0.25) is 0 Å². The average molecular weight is 386 g/mol. The second kappa shape index (κ2) is 7.85. The highest BCUT2D eigenvalue weighted by atomic mass is 35.5. The SMILES string of the molecule is CCn1c(=S)[nH]c2cc3c(NCCc4ccccc4)ncnc3cc21.Cl. The number of aromatic amines is 1. The quantitative estimate of drug-likeness (QED) is 0.487. The summed E-state index contributed by atoms with van der Waals surface area (Å²) in [6.07, 6.45) is 2.56. The van der Waals surface area contributed by atoms with Crippen LogP contribution in [0.15, 0.2) is 48.8 Å². The summed E-state index contributed by atoms with van der Waals surface area (Å²) in [5, 5.41) is 4.44. The fourth-order valence-corrected chi connectivity index (χ4v) is 3.47. The van der Waals surface area contributed by atoms with Crippen molar-refractivity contribution >= 4 is 52.4 Å². The summed E-state index contributed by atoms with van der Waals surface area (Å²) in [7, 11) is 0. The van der Waals surface area contributed by atoms with Crippen LogP contribution < -0.4 is 5.32 Å². The van der Waals surface area contributed by atoms with Gasteiger partial charge in [0.2, 0.25) is 0 Å². The number of aryl methyl sites for hydroxylation is 1. The molecule has 0 spiro atoms. The van der Waals surface area contributed by atoms with E-state index in [9.17, 15) is 0 Å². The van der Waals surface area contributed by atoms with Crippen molar-refractivity contribution in [2.45, 2.75) is 19.9 Å². The van der Waals surface area contributed by atoms with Crippen molar-refractivity contribution in [3.63, 3.8) is 0 Å². The smallest absolute Gasteiger partial charge is 0.178 e. The molecule has 2 aromatic heterocycles. The molecule has 26 heavy (non-hydrogen) atoms. The summed E-state index contributed by atoms with van der Waals surface area (Å²) in [5.41, 5.74) is 4.31. The van der Waals surface area contributed by atoms with Gasteiger partial charge in [-0.1, -0.05) is 30.3 Å². The molecule has 0 fully saturated rings. The van der Waals surface area contributed by atoms with Crippen LogP contribution in [-0.2, 0) is 13.0 Å². The minimum absolute atomic E-state index is 0. The van der Waals surface area contributed by atoms with Crippen molar-refractivity contribution in [1.29, 1.82) is 0 Å². The van der Waals surface area contributed by atoms with E-state index in [0.29, 0.717) is 0 Å². The van der Waals surface area contributed by atoms with Crippen molar-refractivity contribution in [2.75, 3.05) is 11.9 Å². The van der Waals surface area contributed by atoms with Gasteiger partial charge in [0.1, 0.15) is 12.1 Å². The zero-order valence-electron chi connectivity index (χ0n) is 14.4. The van der Waals surface area contributed by atoms with Gasteiger partial charge in [0.15, 0.2) is 4.77 Å². The van der Waals surface area contributed by atoms with Crippen molar-refractivity contribution in [3.05, 3.63) is 59.1 Å². The van der Waals surface area contributed by atoms with E-state index in [4.69, 9.17) is 12.2 Å². The molecule has 0 unspecified atom stereocenters. The Morgan fingerprint density at radius 3 is 2.73 bits per heavy atom. The lowest BCUT2D eigenvalue weighted by Gasteiger charge is -2.09. The van der Waals surface area contributed by atoms with Crippen LogP contribution in [0.2, 0.25) is 0 Å². The van der Waals surface area contributed by atoms with Crippen LogP contribution in [0.5, 0.6) is 0 Å². The fraction of sp³-hybridized carbons (Fsp3) is 0.211. The molecule has 0 aliphatic carbocycles. The van der Waals surface area contributed by atoms with E-state index in [1.54, 1.807) is 6.33 Å². The number of rotatable bonds is 5. The van der Waals surface area contributed by atoms with E-state index < -0.39 is 0 Å². The molecule has 0 bridgehead atoms. The molecule has 0 radical (unpaired) electrons. The van der Waals surface area contributed by atoms with E-state index in [1.165, 1.54) is 5.56 Å². The predicted molar refractivity (Wildman–Crippen MR) is 112 cm³/mol. The van der Waals surface area contributed by atoms with Gasteiger partial charge in [-0.2, -0.15) is 0 Å². The van der Waals surface area contributed by atoms with Crippen LogP contribution in [-0.4, -0.2) is 26.1 Å². The van der Waals surface area contributed by atoms with Crippen LogP contribution in [0.3, 0.4) is 0 Å². The molecule has 4 aromatic rings. The minimum atomic E-state index is 0. The first-order valence-electron chi connectivity index (χ1n) is 8.41. The fourth-order valence-electron chi connectivity index (χ4n) is 3.13. The molecule has 4 rings (SSSR count). The Bertz CT molecular complexity index is 1090. The summed E-state index contributed by atoms with van der Waals surface area (Å²) in [5.74, 6) is 0.853. The number of benzene rings is 2. The van der Waals surface area contributed by atoms with Gasteiger partial charge >= 0.3 is 0 Å². The number of nitrogens with zero attached hydrogens (tertiary/aromatic N) is 3. The number of halogens is 1. The Morgan fingerprint density at radius 2 is 1.96 bits per heavy atom. The Balaban J connectivity index is 0.00000196. The highest BCUT2D eigenvalue weighted by molar-refractivity contribution is 7.71. The standard InChI is InChI=1S/C19H19N5S.ClH/c1-2-24-17-11-15-14(10-16(17)23-19(24)25)18(22-12-21-15)20-9-8-13-6-4-3-5-7-13;/h3-7,10-12H,2,8-9H2,1H3,(H,23,25)(H,20,21,22);1H. The normalized spacial score (nSPS) is 10.8. The lowest BCUT2D eigenvalue weighted by molar-refractivity contribution is 0.774. The molecule has 2 aromatic carbocycles. The van der Waals surface area contributed by atoms with Gasteiger partial charge in [0, 0.05) is 18.5 Å². The molecule has 5 nitrogen and oxygen atoms in total. The number of anilines is 1. The highest BCUT2D eigenvalue weighted by Crippen LogP contribution is 2.25. The van der Waals surface area contributed by atoms with Crippen LogP contribution in [0.25, 0.3) is 21.9 Å². The molecular formula is C19H20ClN5S. The molecule has 134 valence electrons. The number of fused-ring (bicyclic) bond motifs is 2. The van der Waals surface area contributed by atoms with Crippen LogP contribution >= 0.6 is 24.6 Å². The molecule has 0 amide bonds. The summed E-state index contributed by atoms with van der Waals surface area (Å²) < 4.78 is 2.81. The zero-order chi connectivity index (χ0) is 17.2. The minimum Gasteiger partial charge on any atom is -0.369 e. The Hall–Kier alpha value is -2.44. The maximum absolute atomic E-state index is 5.40. The van der Waals surface area contributed by atoms with Gasteiger partial charge in [-0.25, -0.2) is 9.97 Å². The van der Waals surface area contributed by atoms with Crippen molar-refractivity contribution in [2.24, 2.45) is 0 Å². The first kappa shape index (κ1) is 18.4. The van der Waals surface area contributed by atoms with Gasteiger partial charge in [-0.05, 0) is 43.3 Å². The number of hydrogen-bond donors (Lipinski definition) is 2. The molecule has 7 heteroatoms. The third kappa shape index (κ3) is 3.43.